The van der Waals surface area contributed by atoms with Crippen LogP contribution in [0.5, 0.6) is 0 Å². The van der Waals surface area contributed by atoms with Crippen LogP contribution in [-0.2, 0) is 0 Å². The Morgan fingerprint density at radius 2 is 1.62 bits per heavy atom. The third-order valence-electron chi connectivity index (χ3n) is 10.2. The number of hydrogen-bond donors (Lipinski definition) is 2. The van der Waals surface area contributed by atoms with E-state index in [1.165, 1.54) is 44.9 Å². The molecule has 4 rings (SSSR count). The Hall–Kier alpha value is -0.0800. The van der Waals surface area contributed by atoms with Crippen molar-refractivity contribution in [1.29, 1.82) is 0 Å². The van der Waals surface area contributed by atoms with Gasteiger partial charge in [-0.3, -0.25) is 0 Å². The summed E-state index contributed by atoms with van der Waals surface area (Å²) in [5.74, 6) is 4.15. The molecule has 4 fully saturated rings. The van der Waals surface area contributed by atoms with Crippen molar-refractivity contribution in [1.82, 2.24) is 0 Å². The molecule has 2 heteroatoms. The predicted molar refractivity (Wildman–Crippen MR) is 107 cm³/mol. The monoisotopic (exact) mass is 362 g/mol. The molecule has 0 heterocycles. The van der Waals surface area contributed by atoms with Crippen LogP contribution in [0.15, 0.2) is 0 Å². The van der Waals surface area contributed by atoms with E-state index < -0.39 is 0 Å². The zero-order chi connectivity index (χ0) is 18.7. The van der Waals surface area contributed by atoms with Crippen LogP contribution in [0.2, 0.25) is 0 Å². The molecule has 0 spiro atoms. The van der Waals surface area contributed by atoms with Crippen LogP contribution in [0.4, 0.5) is 0 Å². The van der Waals surface area contributed by atoms with Gasteiger partial charge in [-0.1, -0.05) is 40.5 Å². The zero-order valence-corrected chi connectivity index (χ0v) is 17.6. The Morgan fingerprint density at radius 1 is 0.923 bits per heavy atom. The summed E-state index contributed by atoms with van der Waals surface area (Å²) in [6, 6.07) is 0. The van der Waals surface area contributed by atoms with Crippen LogP contribution in [0, 0.1) is 46.3 Å². The second kappa shape index (κ2) is 6.76. The van der Waals surface area contributed by atoms with Crippen LogP contribution in [-0.4, -0.2) is 22.4 Å². The molecule has 2 N–H and O–H groups in total. The summed E-state index contributed by atoms with van der Waals surface area (Å²) in [6.45, 7) is 9.92. The normalized spacial score (nSPS) is 54.9. The minimum Gasteiger partial charge on any atom is -0.393 e. The lowest BCUT2D eigenvalue weighted by atomic mass is 9.43. The van der Waals surface area contributed by atoms with Crippen molar-refractivity contribution in [3.8, 4) is 0 Å². The SMILES string of the molecule is CCCC(C)[C@H]1CCC2C3C(CC[C@@]21C)[C@@]1(C)CC[C@H](O)CC1C[C@@H]3O. The van der Waals surface area contributed by atoms with Crippen LogP contribution in [0.25, 0.3) is 0 Å². The van der Waals surface area contributed by atoms with E-state index in [4.69, 9.17) is 0 Å². The van der Waals surface area contributed by atoms with Gasteiger partial charge in [0.05, 0.1) is 12.2 Å². The second-order valence-corrected chi connectivity index (χ2v) is 11.2. The van der Waals surface area contributed by atoms with Gasteiger partial charge in [-0.2, -0.15) is 0 Å². The second-order valence-electron chi connectivity index (χ2n) is 11.2. The summed E-state index contributed by atoms with van der Waals surface area (Å²) in [5.41, 5.74) is 0.811. The molecule has 0 aromatic rings. The van der Waals surface area contributed by atoms with Crippen molar-refractivity contribution in [3.05, 3.63) is 0 Å². The summed E-state index contributed by atoms with van der Waals surface area (Å²) in [6.07, 6.45) is 11.8. The van der Waals surface area contributed by atoms with Gasteiger partial charge in [0.1, 0.15) is 0 Å². The fourth-order valence-electron chi connectivity index (χ4n) is 8.83. The standard InChI is InChI=1S/C24H42O2/c1-5-6-15(2)18-7-8-19-22-20(10-12-24(18,19)4)23(3)11-9-17(25)13-16(23)14-21(22)26/h15-22,25-26H,5-14H2,1-4H3/t15?,16?,17-,18+,19?,20?,21-,22?,23-,24+/m0/s1. The maximum Gasteiger partial charge on any atom is 0.0577 e. The molecule has 26 heavy (non-hydrogen) atoms. The number of rotatable bonds is 3. The number of hydrogen-bond acceptors (Lipinski definition) is 2. The Balaban J connectivity index is 1.61. The first kappa shape index (κ1) is 19.2. The molecule has 4 aliphatic carbocycles. The lowest BCUT2D eigenvalue weighted by Gasteiger charge is -2.62. The van der Waals surface area contributed by atoms with Gasteiger partial charge in [0, 0.05) is 0 Å². The minimum absolute atomic E-state index is 0.128. The van der Waals surface area contributed by atoms with Crippen molar-refractivity contribution >= 4 is 0 Å². The molecule has 10 atom stereocenters. The molecule has 0 aromatic heterocycles. The van der Waals surface area contributed by atoms with E-state index in [0.717, 1.165) is 37.0 Å². The summed E-state index contributed by atoms with van der Waals surface area (Å²) in [5, 5.41) is 21.5. The first-order chi connectivity index (χ1) is 12.3. The van der Waals surface area contributed by atoms with E-state index >= 15 is 0 Å². The average molecular weight is 363 g/mol. The Kier molecular flexibility index (Phi) is 5.01. The topological polar surface area (TPSA) is 40.5 Å². The number of aliphatic hydroxyl groups excluding tert-OH is 2. The molecule has 0 saturated heterocycles. The number of aliphatic hydroxyl groups is 2. The van der Waals surface area contributed by atoms with Crippen LogP contribution < -0.4 is 0 Å². The molecule has 4 aliphatic rings. The molecule has 4 saturated carbocycles. The number of fused-ring (bicyclic) bond motifs is 5. The molecule has 0 radical (unpaired) electrons. The quantitative estimate of drug-likeness (QED) is 0.704. The molecule has 150 valence electrons. The molecular weight excluding hydrogens is 320 g/mol. The minimum atomic E-state index is -0.131. The van der Waals surface area contributed by atoms with E-state index in [-0.39, 0.29) is 12.2 Å². The smallest absolute Gasteiger partial charge is 0.0577 e. The van der Waals surface area contributed by atoms with Crippen molar-refractivity contribution in [2.24, 2.45) is 46.3 Å². The van der Waals surface area contributed by atoms with Gasteiger partial charge in [-0.15, -0.1) is 0 Å². The van der Waals surface area contributed by atoms with E-state index in [1.807, 2.05) is 0 Å². The van der Waals surface area contributed by atoms with Gasteiger partial charge in [0.2, 0.25) is 0 Å². The highest BCUT2D eigenvalue weighted by Gasteiger charge is 2.62. The highest BCUT2D eigenvalue weighted by atomic mass is 16.3. The molecule has 0 bridgehead atoms. The molecule has 0 aliphatic heterocycles. The van der Waals surface area contributed by atoms with Crippen LogP contribution in [0.1, 0.15) is 91.9 Å². The van der Waals surface area contributed by atoms with Crippen molar-refractivity contribution in [2.45, 2.75) is 104 Å². The Bertz CT molecular complexity index is 518. The highest BCUT2D eigenvalue weighted by Crippen LogP contribution is 2.68. The summed E-state index contributed by atoms with van der Waals surface area (Å²) in [4.78, 5) is 0. The van der Waals surface area contributed by atoms with Crippen LogP contribution >= 0.6 is 0 Å². The lowest BCUT2D eigenvalue weighted by molar-refractivity contribution is -0.174. The first-order valence-electron chi connectivity index (χ1n) is 11.7. The zero-order valence-electron chi connectivity index (χ0n) is 17.6. The van der Waals surface area contributed by atoms with Gasteiger partial charge in [-0.05, 0) is 97.7 Å². The third-order valence-corrected chi connectivity index (χ3v) is 10.2. The predicted octanol–water partition coefficient (Wildman–Crippen LogP) is 5.41. The van der Waals surface area contributed by atoms with Gasteiger partial charge in [0.15, 0.2) is 0 Å². The van der Waals surface area contributed by atoms with Gasteiger partial charge >= 0.3 is 0 Å². The van der Waals surface area contributed by atoms with Gasteiger partial charge < -0.3 is 10.2 Å². The van der Waals surface area contributed by atoms with Crippen molar-refractivity contribution < 1.29 is 10.2 Å². The molecule has 2 nitrogen and oxygen atoms in total. The fourth-order valence-corrected chi connectivity index (χ4v) is 8.83. The van der Waals surface area contributed by atoms with E-state index in [9.17, 15) is 10.2 Å². The largest absolute Gasteiger partial charge is 0.393 e. The van der Waals surface area contributed by atoms with Crippen molar-refractivity contribution in [2.75, 3.05) is 0 Å². The van der Waals surface area contributed by atoms with E-state index in [2.05, 4.69) is 27.7 Å². The van der Waals surface area contributed by atoms with E-state index in [0.29, 0.717) is 28.6 Å². The third kappa shape index (κ3) is 2.72. The first-order valence-corrected chi connectivity index (χ1v) is 11.7. The lowest BCUT2D eigenvalue weighted by Crippen LogP contribution is -2.58. The Morgan fingerprint density at radius 3 is 2.35 bits per heavy atom. The average Bonchev–Trinajstić information content (AvgIpc) is 2.94. The summed E-state index contributed by atoms with van der Waals surface area (Å²) in [7, 11) is 0. The maximum atomic E-state index is 11.3. The fraction of sp³-hybridized carbons (Fsp3) is 1.00. The van der Waals surface area contributed by atoms with Gasteiger partial charge in [0.25, 0.3) is 0 Å². The summed E-state index contributed by atoms with van der Waals surface area (Å²) >= 11 is 0. The van der Waals surface area contributed by atoms with E-state index in [1.54, 1.807) is 0 Å². The highest BCUT2D eigenvalue weighted by molar-refractivity contribution is 5.11. The van der Waals surface area contributed by atoms with Crippen molar-refractivity contribution in [3.63, 3.8) is 0 Å². The Labute approximate surface area is 161 Å². The molecular formula is C24H42O2. The maximum absolute atomic E-state index is 11.3. The van der Waals surface area contributed by atoms with Crippen LogP contribution in [0.3, 0.4) is 0 Å². The molecule has 5 unspecified atom stereocenters. The summed E-state index contributed by atoms with van der Waals surface area (Å²) < 4.78 is 0. The molecule has 0 amide bonds. The molecule has 0 aromatic carbocycles. The van der Waals surface area contributed by atoms with Gasteiger partial charge in [-0.25, -0.2) is 0 Å².